The molecule has 0 bridgehead atoms. The highest BCUT2D eigenvalue weighted by atomic mass is 32.1. The zero-order chi connectivity index (χ0) is 86.2. The molecule has 1 aromatic heterocycles. The van der Waals surface area contributed by atoms with Crippen molar-refractivity contribution in [3.05, 3.63) is 456 Å². The van der Waals surface area contributed by atoms with Gasteiger partial charge < -0.3 is 0 Å². The third kappa shape index (κ3) is 14.1. The Bertz CT molecular complexity index is 8300. The Labute approximate surface area is 746 Å². The molecular formula is C126H96S. The lowest BCUT2D eigenvalue weighted by Crippen LogP contribution is -1.93. The van der Waals surface area contributed by atoms with Crippen LogP contribution in [0.25, 0.3) is 215 Å². The normalized spacial score (nSPS) is 11.5. The molecule has 0 saturated carbocycles. The van der Waals surface area contributed by atoms with Crippen LogP contribution in [0.5, 0.6) is 0 Å². The van der Waals surface area contributed by atoms with E-state index in [1.165, 1.54) is 271 Å². The minimum Gasteiger partial charge on any atom is -0.135 e. The summed E-state index contributed by atoms with van der Waals surface area (Å²) in [5, 5.41) is 39.9. The van der Waals surface area contributed by atoms with Crippen LogP contribution in [0.1, 0.15) is 55.6 Å². The summed E-state index contributed by atoms with van der Waals surface area (Å²) in [5.74, 6) is 0. The first-order valence-corrected chi connectivity index (χ1v) is 45.3. The standard InChI is InChI=1S/C30H22.C28H20S.2C26H20.C16H14/c1-19-21-11-3-7-15-25(21)29(26-16-8-4-12-22(19)26)30-27-17-9-5-13-23(27)20(2)24-14-6-10-18-28(24)30;1-17-8-7-13-24-25-16-19(14-15-26(25)29-28(17)24)27-22-11-5-3-9-20(22)18(2)21-10-4-6-12-23(21)27;1-17-15-16-25(22-12-6-3-9-19(17)22)26-23-13-7-4-10-20(23)18(2)21-11-5-8-14-24(21)26;1-17-11-12-20-16-21(14-13-19(20)15-17)26-24-9-5-3-7-22(24)18(2)23-8-4-6-10-25(23)26;1-11-3-5-13-10-16-8-12(2)4-6-14(16)9-15(13)7-11/h3-18H,1-2H3;3-16H,1-2H3;2*3-16H,1-2H3;3-10H,1-2H3. The van der Waals surface area contributed by atoms with Gasteiger partial charge in [0.1, 0.15) is 0 Å². The van der Waals surface area contributed by atoms with E-state index in [0.29, 0.717) is 0 Å². The van der Waals surface area contributed by atoms with Crippen LogP contribution in [-0.2, 0) is 0 Å². The summed E-state index contributed by atoms with van der Waals surface area (Å²) < 4.78 is 2.76. The molecule has 0 spiro atoms. The van der Waals surface area contributed by atoms with Gasteiger partial charge >= 0.3 is 0 Å². The van der Waals surface area contributed by atoms with E-state index in [2.05, 4.69) is 470 Å². The van der Waals surface area contributed by atoms with Gasteiger partial charge in [-0.1, -0.05) is 387 Å². The number of benzene rings is 24. The second kappa shape index (κ2) is 33.0. The SMILES string of the molecule is Cc1c2ccccc2c(-c2c3ccccc3c(C)c3ccccc23)c2ccccc12.Cc1c2ccccc2c(-c2ccc3sc4c(C)cccc4c3c2)c2ccccc12.Cc1ccc(-c2c3ccccc3c(C)c3ccccc23)c2ccccc12.Cc1ccc2cc(-c3c4ccccc4c(C)c4ccccc34)ccc2c1.Cc1ccc2cc3cc(C)ccc3cc2c1. The van der Waals surface area contributed by atoms with Crippen molar-refractivity contribution in [1.29, 1.82) is 0 Å². The molecule has 0 aliphatic heterocycles. The Morgan fingerprint density at radius 1 is 0.150 bits per heavy atom. The lowest BCUT2D eigenvalue weighted by molar-refractivity contribution is 1.50. The lowest BCUT2D eigenvalue weighted by atomic mass is 9.83. The van der Waals surface area contributed by atoms with E-state index < -0.39 is 0 Å². The molecule has 127 heavy (non-hydrogen) atoms. The van der Waals surface area contributed by atoms with Gasteiger partial charge in [-0.2, -0.15) is 0 Å². The smallest absolute Gasteiger partial charge is 0.0384 e. The molecule has 0 fully saturated rings. The van der Waals surface area contributed by atoms with E-state index in [0.717, 1.165) is 0 Å². The van der Waals surface area contributed by atoms with Crippen LogP contribution < -0.4 is 0 Å². The highest BCUT2D eigenvalue weighted by Gasteiger charge is 2.23. The quantitative estimate of drug-likeness (QED) is 0.154. The zero-order valence-electron chi connectivity index (χ0n) is 73.5. The van der Waals surface area contributed by atoms with Gasteiger partial charge in [-0.25, -0.2) is 0 Å². The maximum Gasteiger partial charge on any atom is 0.0384 e. The van der Waals surface area contributed by atoms with Crippen LogP contribution in [0.4, 0.5) is 0 Å². The molecule has 0 atom stereocenters. The summed E-state index contributed by atoms with van der Waals surface area (Å²) in [6, 6.07) is 147. The Balaban J connectivity index is 0.0000000978. The second-order valence-electron chi connectivity index (χ2n) is 34.8. The van der Waals surface area contributed by atoms with E-state index in [-0.39, 0.29) is 0 Å². The number of fused-ring (bicyclic) bond motifs is 17. The van der Waals surface area contributed by atoms with Crippen molar-refractivity contribution in [3.8, 4) is 44.5 Å². The van der Waals surface area contributed by atoms with Gasteiger partial charge in [0.15, 0.2) is 0 Å². The van der Waals surface area contributed by atoms with E-state index in [1.807, 2.05) is 11.3 Å². The minimum atomic E-state index is 1.29. The van der Waals surface area contributed by atoms with Gasteiger partial charge in [0, 0.05) is 20.2 Å². The third-order valence-electron chi connectivity index (χ3n) is 27.0. The minimum absolute atomic E-state index is 1.29. The van der Waals surface area contributed by atoms with Gasteiger partial charge in [0.2, 0.25) is 0 Å². The van der Waals surface area contributed by atoms with Crippen LogP contribution in [0.2, 0.25) is 0 Å². The monoisotopic (exact) mass is 1640 g/mol. The van der Waals surface area contributed by atoms with Crippen molar-refractivity contribution in [2.24, 2.45) is 0 Å². The highest BCUT2D eigenvalue weighted by molar-refractivity contribution is 7.26. The maximum absolute atomic E-state index is 2.40. The Kier molecular flexibility index (Phi) is 20.6. The fourth-order valence-electron chi connectivity index (χ4n) is 20.7. The summed E-state index contributed by atoms with van der Waals surface area (Å²) in [6.45, 7) is 22.0. The van der Waals surface area contributed by atoms with Gasteiger partial charge in [0.05, 0.1) is 0 Å². The number of rotatable bonds is 4. The van der Waals surface area contributed by atoms with Crippen molar-refractivity contribution < 1.29 is 0 Å². The molecule has 1 heterocycles. The molecule has 25 rings (SSSR count). The average Bonchev–Trinajstić information content (AvgIpc) is 1.24. The first kappa shape index (κ1) is 79.3. The maximum atomic E-state index is 2.40. The van der Waals surface area contributed by atoms with Crippen LogP contribution in [0.3, 0.4) is 0 Å². The molecule has 0 saturated heterocycles. The Morgan fingerprint density at radius 3 is 0.780 bits per heavy atom. The topological polar surface area (TPSA) is 0 Å². The van der Waals surface area contributed by atoms with Crippen molar-refractivity contribution in [1.82, 2.24) is 0 Å². The molecule has 0 aliphatic rings. The number of aryl methyl sites for hydroxylation is 10. The summed E-state index contributed by atoms with van der Waals surface area (Å²) in [6.07, 6.45) is 0. The molecule has 0 aliphatic carbocycles. The second-order valence-corrected chi connectivity index (χ2v) is 35.9. The van der Waals surface area contributed by atoms with E-state index >= 15 is 0 Å². The summed E-state index contributed by atoms with van der Waals surface area (Å²) in [5.41, 5.74) is 24.0. The largest absolute Gasteiger partial charge is 0.135 e. The Morgan fingerprint density at radius 2 is 0.417 bits per heavy atom. The lowest BCUT2D eigenvalue weighted by Gasteiger charge is -2.20. The molecule has 25 aromatic rings. The first-order chi connectivity index (χ1) is 62.2. The predicted molar refractivity (Wildman–Crippen MR) is 559 cm³/mol. The Hall–Kier alpha value is -14.9. The van der Waals surface area contributed by atoms with Crippen molar-refractivity contribution in [2.45, 2.75) is 69.2 Å². The number of thiophene rings is 1. The van der Waals surface area contributed by atoms with Crippen LogP contribution in [0.15, 0.2) is 400 Å². The molecule has 1 heteroatoms. The van der Waals surface area contributed by atoms with Gasteiger partial charge in [-0.15, -0.1) is 11.3 Å². The van der Waals surface area contributed by atoms with Gasteiger partial charge in [-0.3, -0.25) is 0 Å². The van der Waals surface area contributed by atoms with Gasteiger partial charge in [0.25, 0.3) is 0 Å². The van der Waals surface area contributed by atoms with E-state index in [1.54, 1.807) is 0 Å². The van der Waals surface area contributed by atoms with Crippen LogP contribution >= 0.6 is 11.3 Å². The summed E-state index contributed by atoms with van der Waals surface area (Å²) in [7, 11) is 0. The van der Waals surface area contributed by atoms with Gasteiger partial charge in [-0.05, 0) is 334 Å². The van der Waals surface area contributed by atoms with Crippen LogP contribution in [-0.4, -0.2) is 0 Å². The average molecular weight is 1640 g/mol. The van der Waals surface area contributed by atoms with E-state index in [4.69, 9.17) is 0 Å². The predicted octanol–water partition coefficient (Wildman–Crippen LogP) is 36.7. The fourth-order valence-corrected chi connectivity index (χ4v) is 21.9. The molecule has 606 valence electrons. The first-order valence-electron chi connectivity index (χ1n) is 44.5. The zero-order valence-corrected chi connectivity index (χ0v) is 74.3. The fraction of sp³-hybridized carbons (Fsp3) is 0.0794. The molecule has 0 unspecified atom stereocenters. The summed E-state index contributed by atoms with van der Waals surface area (Å²) in [4.78, 5) is 0. The molecule has 0 amide bonds. The number of hydrogen-bond acceptors (Lipinski definition) is 1. The summed E-state index contributed by atoms with van der Waals surface area (Å²) >= 11 is 1.90. The van der Waals surface area contributed by atoms with Crippen molar-refractivity contribution >= 4 is 182 Å². The van der Waals surface area contributed by atoms with Crippen molar-refractivity contribution in [3.63, 3.8) is 0 Å². The highest BCUT2D eigenvalue weighted by Crippen LogP contribution is 2.49. The number of hydrogen-bond donors (Lipinski definition) is 0. The molecule has 0 N–H and O–H groups in total. The molecule has 24 aromatic carbocycles. The van der Waals surface area contributed by atoms with Crippen LogP contribution in [0, 0.1) is 69.2 Å². The van der Waals surface area contributed by atoms with E-state index in [9.17, 15) is 0 Å². The van der Waals surface area contributed by atoms with Crippen molar-refractivity contribution in [2.75, 3.05) is 0 Å². The molecule has 0 radical (unpaired) electrons. The molecular weight excluding hydrogens is 1550 g/mol. The third-order valence-corrected chi connectivity index (χ3v) is 28.4. The molecule has 0 nitrogen and oxygen atoms in total.